The van der Waals surface area contributed by atoms with Crippen LogP contribution in [-0.2, 0) is 6.54 Å². The third-order valence-corrected chi connectivity index (χ3v) is 2.67. The molecule has 0 aliphatic carbocycles. The van der Waals surface area contributed by atoms with Gasteiger partial charge in [0.2, 0.25) is 0 Å². The second kappa shape index (κ2) is 5.66. The van der Waals surface area contributed by atoms with E-state index in [1.807, 2.05) is 26.0 Å². The van der Waals surface area contributed by atoms with E-state index >= 15 is 0 Å². The largest absolute Gasteiger partial charge is 0.464 e. The van der Waals surface area contributed by atoms with Gasteiger partial charge in [0, 0.05) is 6.54 Å². The Balaban J connectivity index is 1.99. The Labute approximate surface area is 110 Å². The van der Waals surface area contributed by atoms with E-state index in [-0.39, 0.29) is 17.6 Å². The molecule has 0 bridgehead atoms. The fourth-order valence-corrected chi connectivity index (χ4v) is 1.67. The van der Waals surface area contributed by atoms with Gasteiger partial charge in [-0.1, -0.05) is 5.21 Å². The maximum Gasteiger partial charge on any atom is 0.274 e. The minimum Gasteiger partial charge on any atom is -0.464 e. The number of nitrogens with two attached hydrogens (primary N) is 1. The molecule has 1 atom stereocenters. The molecule has 0 radical (unpaired) electrons. The Morgan fingerprint density at radius 3 is 3.00 bits per heavy atom. The summed E-state index contributed by atoms with van der Waals surface area (Å²) in [6.45, 7) is 4.69. The van der Waals surface area contributed by atoms with Crippen LogP contribution in [-0.4, -0.2) is 27.4 Å². The molecule has 2 aromatic rings. The van der Waals surface area contributed by atoms with Crippen LogP contribution in [0.5, 0.6) is 0 Å². The fraction of sp³-hybridized carbons (Fsp3) is 0.417. The number of aromatic nitrogens is 3. The molecule has 2 aromatic heterocycles. The zero-order chi connectivity index (χ0) is 13.8. The molecule has 1 amide bonds. The van der Waals surface area contributed by atoms with Crippen LogP contribution in [0.1, 0.15) is 35.0 Å². The summed E-state index contributed by atoms with van der Waals surface area (Å²) in [4.78, 5) is 12.0. The van der Waals surface area contributed by atoms with Crippen LogP contribution in [0, 0.1) is 6.92 Å². The highest BCUT2D eigenvalue weighted by atomic mass is 16.3. The first-order valence-corrected chi connectivity index (χ1v) is 6.07. The second-order valence-corrected chi connectivity index (χ2v) is 4.30. The zero-order valence-electron chi connectivity index (χ0n) is 11.0. The van der Waals surface area contributed by atoms with Gasteiger partial charge < -0.3 is 15.5 Å². The van der Waals surface area contributed by atoms with E-state index in [1.165, 1.54) is 4.68 Å². The molecule has 0 aliphatic heterocycles. The smallest absolute Gasteiger partial charge is 0.274 e. The molecule has 7 heteroatoms. The maximum absolute atomic E-state index is 12.0. The van der Waals surface area contributed by atoms with Gasteiger partial charge in [-0.25, -0.2) is 0 Å². The quantitative estimate of drug-likeness (QED) is 0.824. The van der Waals surface area contributed by atoms with E-state index in [0.717, 1.165) is 5.76 Å². The molecule has 7 nitrogen and oxygen atoms in total. The third kappa shape index (κ3) is 3.19. The molecule has 0 aliphatic rings. The van der Waals surface area contributed by atoms with Crippen molar-refractivity contribution in [3.05, 3.63) is 35.5 Å². The number of nitrogens with zero attached hydrogens (tertiary/aromatic N) is 3. The van der Waals surface area contributed by atoms with E-state index in [1.54, 1.807) is 6.20 Å². The number of carbonyl (C=O) groups excluding carboxylic acids is 1. The van der Waals surface area contributed by atoms with E-state index in [2.05, 4.69) is 15.6 Å². The van der Waals surface area contributed by atoms with Crippen LogP contribution >= 0.6 is 0 Å². The summed E-state index contributed by atoms with van der Waals surface area (Å²) in [5, 5.41) is 10.4. The topological polar surface area (TPSA) is 99.0 Å². The van der Waals surface area contributed by atoms with Gasteiger partial charge in [-0.3, -0.25) is 9.48 Å². The lowest BCUT2D eigenvalue weighted by Gasteiger charge is -2.09. The van der Waals surface area contributed by atoms with Crippen molar-refractivity contribution in [3.63, 3.8) is 0 Å². The fourth-order valence-electron chi connectivity index (χ4n) is 1.67. The number of furan rings is 1. The van der Waals surface area contributed by atoms with Crippen molar-refractivity contribution in [2.24, 2.45) is 5.73 Å². The number of hydrogen-bond donors (Lipinski definition) is 2. The molecule has 19 heavy (non-hydrogen) atoms. The molecule has 0 saturated heterocycles. The molecule has 102 valence electrons. The number of hydrogen-bond acceptors (Lipinski definition) is 5. The Morgan fingerprint density at radius 2 is 2.37 bits per heavy atom. The van der Waals surface area contributed by atoms with Crippen molar-refractivity contribution in [2.45, 2.75) is 26.4 Å². The molecular formula is C12H17N5O2. The molecule has 0 saturated carbocycles. The monoisotopic (exact) mass is 263 g/mol. The highest BCUT2D eigenvalue weighted by molar-refractivity contribution is 5.92. The van der Waals surface area contributed by atoms with Crippen LogP contribution in [0.4, 0.5) is 0 Å². The van der Waals surface area contributed by atoms with Crippen molar-refractivity contribution < 1.29 is 9.21 Å². The van der Waals surface area contributed by atoms with Crippen LogP contribution in [0.15, 0.2) is 22.7 Å². The Hall–Kier alpha value is -2.15. The van der Waals surface area contributed by atoms with Crippen molar-refractivity contribution in [2.75, 3.05) is 6.54 Å². The van der Waals surface area contributed by atoms with Gasteiger partial charge in [0.15, 0.2) is 5.69 Å². The first-order chi connectivity index (χ1) is 9.10. The van der Waals surface area contributed by atoms with Gasteiger partial charge in [0.1, 0.15) is 11.5 Å². The number of rotatable bonds is 5. The third-order valence-electron chi connectivity index (χ3n) is 2.67. The molecule has 2 rings (SSSR count). The average Bonchev–Trinajstić information content (AvgIpc) is 2.98. The van der Waals surface area contributed by atoms with Crippen LogP contribution < -0.4 is 11.1 Å². The van der Waals surface area contributed by atoms with E-state index in [0.29, 0.717) is 18.8 Å². The molecular weight excluding hydrogens is 246 g/mol. The van der Waals surface area contributed by atoms with Gasteiger partial charge in [0.25, 0.3) is 5.91 Å². The lowest BCUT2D eigenvalue weighted by Crippen LogP contribution is -2.26. The van der Waals surface area contributed by atoms with Crippen molar-refractivity contribution in [3.8, 4) is 0 Å². The summed E-state index contributed by atoms with van der Waals surface area (Å²) < 4.78 is 6.99. The maximum atomic E-state index is 12.0. The summed E-state index contributed by atoms with van der Waals surface area (Å²) >= 11 is 0. The lowest BCUT2D eigenvalue weighted by molar-refractivity contribution is 0.0930. The number of amides is 1. The van der Waals surface area contributed by atoms with Crippen LogP contribution in [0.2, 0.25) is 0 Å². The Bertz CT molecular complexity index is 560. The minimum atomic E-state index is -0.287. The number of aryl methyl sites for hydroxylation is 1. The highest BCUT2D eigenvalue weighted by Gasteiger charge is 2.16. The summed E-state index contributed by atoms with van der Waals surface area (Å²) in [7, 11) is 0. The summed E-state index contributed by atoms with van der Waals surface area (Å²) in [5.74, 6) is 1.23. The molecule has 2 heterocycles. The first kappa shape index (κ1) is 13.3. The van der Waals surface area contributed by atoms with Gasteiger partial charge >= 0.3 is 0 Å². The number of carbonyl (C=O) groups is 1. The second-order valence-electron chi connectivity index (χ2n) is 4.30. The lowest BCUT2D eigenvalue weighted by atomic mass is 10.2. The molecule has 3 N–H and O–H groups in total. The minimum absolute atomic E-state index is 0.221. The van der Waals surface area contributed by atoms with Gasteiger partial charge in [-0.05, 0) is 26.0 Å². The van der Waals surface area contributed by atoms with Crippen molar-refractivity contribution in [1.82, 2.24) is 20.3 Å². The SMILES string of the molecule is Cc1ccc(C(C)NC(=O)c2cn(CCN)nn2)o1. The van der Waals surface area contributed by atoms with E-state index in [9.17, 15) is 4.79 Å². The summed E-state index contributed by atoms with van der Waals surface area (Å²) in [6, 6.07) is 3.47. The normalized spacial score (nSPS) is 12.4. The van der Waals surface area contributed by atoms with Gasteiger partial charge in [-0.15, -0.1) is 5.10 Å². The standard InChI is InChI=1S/C12H17N5O2/c1-8-3-4-11(19-8)9(2)14-12(18)10-7-17(6-5-13)16-15-10/h3-4,7,9H,5-6,13H2,1-2H3,(H,14,18). The molecule has 0 aromatic carbocycles. The van der Waals surface area contributed by atoms with Crippen LogP contribution in [0.25, 0.3) is 0 Å². The van der Waals surface area contributed by atoms with Gasteiger partial charge in [0.05, 0.1) is 18.8 Å². The predicted molar refractivity (Wildman–Crippen MR) is 68.4 cm³/mol. The van der Waals surface area contributed by atoms with E-state index in [4.69, 9.17) is 10.2 Å². The molecule has 0 fully saturated rings. The molecule has 0 spiro atoms. The summed E-state index contributed by atoms with van der Waals surface area (Å²) in [6.07, 6.45) is 1.57. The van der Waals surface area contributed by atoms with Gasteiger partial charge in [-0.2, -0.15) is 0 Å². The van der Waals surface area contributed by atoms with Crippen molar-refractivity contribution in [1.29, 1.82) is 0 Å². The zero-order valence-corrected chi connectivity index (χ0v) is 11.0. The van der Waals surface area contributed by atoms with Crippen LogP contribution in [0.3, 0.4) is 0 Å². The molecule has 1 unspecified atom stereocenters. The number of nitrogens with one attached hydrogen (secondary N) is 1. The Kier molecular flexibility index (Phi) is 3.96. The van der Waals surface area contributed by atoms with E-state index < -0.39 is 0 Å². The first-order valence-electron chi connectivity index (χ1n) is 6.07. The highest BCUT2D eigenvalue weighted by Crippen LogP contribution is 2.15. The predicted octanol–water partition coefficient (Wildman–Crippen LogP) is 0.629. The average molecular weight is 263 g/mol. The van der Waals surface area contributed by atoms with Crippen molar-refractivity contribution >= 4 is 5.91 Å². The summed E-state index contributed by atoms with van der Waals surface area (Å²) in [5.41, 5.74) is 5.67. The Morgan fingerprint density at radius 1 is 1.58 bits per heavy atom.